The summed E-state index contributed by atoms with van der Waals surface area (Å²) < 4.78 is 6.35. The Morgan fingerprint density at radius 3 is 2.33 bits per heavy atom. The van der Waals surface area contributed by atoms with Gasteiger partial charge in [-0.15, -0.1) is 0 Å². The number of hydrogen-bond donors (Lipinski definition) is 0. The second-order valence-corrected chi connectivity index (χ2v) is 9.65. The number of nitriles is 1. The summed E-state index contributed by atoms with van der Waals surface area (Å²) in [6, 6.07) is 11.6. The van der Waals surface area contributed by atoms with Crippen molar-refractivity contribution < 1.29 is 4.74 Å². The third kappa shape index (κ3) is 7.59. The molecule has 164 valence electrons. The predicted octanol–water partition coefficient (Wildman–Crippen LogP) is 7.74. The zero-order valence-corrected chi connectivity index (χ0v) is 19.0. The summed E-state index contributed by atoms with van der Waals surface area (Å²) in [5.74, 6) is 2.35. The molecule has 0 radical (unpaired) electrons. The average Bonchev–Trinajstić information content (AvgIpc) is 2.81. The van der Waals surface area contributed by atoms with Gasteiger partial charge in [0, 0.05) is 12.7 Å². The molecular weight excluding hydrogens is 366 g/mol. The van der Waals surface area contributed by atoms with E-state index in [4.69, 9.17) is 10.00 Å². The lowest BCUT2D eigenvalue weighted by Gasteiger charge is -2.32. The number of allylic oxidation sites excluding steroid dienone is 2. The highest BCUT2D eigenvalue weighted by Crippen LogP contribution is 2.37. The second kappa shape index (κ2) is 13.0. The zero-order valence-electron chi connectivity index (χ0n) is 19.0. The highest BCUT2D eigenvalue weighted by atomic mass is 16.5. The maximum atomic E-state index is 8.56. The first-order chi connectivity index (χ1) is 14.8. The van der Waals surface area contributed by atoms with Crippen LogP contribution in [0.15, 0.2) is 36.4 Å². The summed E-state index contributed by atoms with van der Waals surface area (Å²) in [6.45, 7) is 3.24. The van der Waals surface area contributed by atoms with E-state index in [1.54, 1.807) is 11.6 Å². The van der Waals surface area contributed by atoms with Crippen LogP contribution in [0, 0.1) is 23.2 Å². The van der Waals surface area contributed by atoms with Crippen molar-refractivity contribution in [2.75, 3.05) is 6.61 Å². The van der Waals surface area contributed by atoms with Crippen molar-refractivity contribution in [2.24, 2.45) is 11.8 Å². The summed E-state index contributed by atoms with van der Waals surface area (Å²) in [4.78, 5) is 0. The third-order valence-electron chi connectivity index (χ3n) is 7.41. The summed E-state index contributed by atoms with van der Waals surface area (Å²) in [7, 11) is 0. The molecule has 30 heavy (non-hydrogen) atoms. The van der Waals surface area contributed by atoms with Crippen LogP contribution in [-0.2, 0) is 11.2 Å². The first-order valence-corrected chi connectivity index (χ1v) is 12.5. The number of nitrogens with zero attached hydrogens (tertiary/aromatic N) is 1. The minimum absolute atomic E-state index is 0.490. The summed E-state index contributed by atoms with van der Waals surface area (Å²) in [5.41, 5.74) is 3.05. The molecule has 2 aliphatic rings. The van der Waals surface area contributed by atoms with Crippen LogP contribution in [0.25, 0.3) is 0 Å². The van der Waals surface area contributed by atoms with E-state index in [0.29, 0.717) is 6.10 Å². The van der Waals surface area contributed by atoms with Gasteiger partial charge in [0.15, 0.2) is 0 Å². The number of aryl methyl sites for hydroxylation is 1. The van der Waals surface area contributed by atoms with Crippen molar-refractivity contribution in [3.05, 3.63) is 47.5 Å². The van der Waals surface area contributed by atoms with Gasteiger partial charge in [0.1, 0.15) is 0 Å². The Hall–Kier alpha value is -1.59. The molecule has 2 fully saturated rings. The van der Waals surface area contributed by atoms with Crippen molar-refractivity contribution in [1.29, 1.82) is 5.26 Å². The fourth-order valence-electron chi connectivity index (χ4n) is 5.33. The minimum Gasteiger partial charge on any atom is -0.378 e. The summed E-state index contributed by atoms with van der Waals surface area (Å²) in [5, 5.41) is 8.56. The third-order valence-corrected chi connectivity index (χ3v) is 7.41. The molecular formula is C28H41NO. The van der Waals surface area contributed by atoms with Gasteiger partial charge in [0.25, 0.3) is 0 Å². The van der Waals surface area contributed by atoms with Gasteiger partial charge >= 0.3 is 0 Å². The van der Waals surface area contributed by atoms with Gasteiger partial charge in [0.05, 0.1) is 12.2 Å². The summed E-state index contributed by atoms with van der Waals surface area (Å²) in [6.07, 6.45) is 20.5. The lowest BCUT2D eigenvalue weighted by atomic mass is 9.78. The molecule has 2 nitrogen and oxygen atoms in total. The molecule has 0 amide bonds. The topological polar surface area (TPSA) is 33.0 Å². The first-order valence-electron chi connectivity index (χ1n) is 12.5. The van der Waals surface area contributed by atoms with Crippen molar-refractivity contribution >= 4 is 0 Å². The standard InChI is InChI=1S/C28H41NO/c1-2-3-7-23-9-15-26(16-10-23)27-17-11-25(12-18-27)22-30-28-19-13-24(14-20-28)8-5-4-6-21-29/h4,6,9-10,15-16,24-25,27-28H,2-3,5,7-8,11-14,17-20,22H2,1H3/b6-4+. The maximum Gasteiger partial charge on any atom is 0.0908 e. The molecule has 3 rings (SSSR count). The molecule has 2 heteroatoms. The van der Waals surface area contributed by atoms with Crippen LogP contribution in [0.2, 0.25) is 0 Å². The van der Waals surface area contributed by atoms with E-state index < -0.39 is 0 Å². The molecule has 0 saturated heterocycles. The van der Waals surface area contributed by atoms with Crippen LogP contribution in [-0.4, -0.2) is 12.7 Å². The quantitative estimate of drug-likeness (QED) is 0.372. The molecule has 0 N–H and O–H groups in total. The smallest absolute Gasteiger partial charge is 0.0908 e. The van der Waals surface area contributed by atoms with E-state index in [0.717, 1.165) is 30.8 Å². The Bertz CT molecular complexity index is 655. The van der Waals surface area contributed by atoms with Gasteiger partial charge in [0.2, 0.25) is 0 Å². The molecule has 2 aliphatic carbocycles. The largest absolute Gasteiger partial charge is 0.378 e. The zero-order chi connectivity index (χ0) is 21.0. The van der Waals surface area contributed by atoms with Gasteiger partial charge in [-0.1, -0.05) is 43.7 Å². The van der Waals surface area contributed by atoms with Crippen LogP contribution < -0.4 is 0 Å². The minimum atomic E-state index is 0.490. The van der Waals surface area contributed by atoms with Gasteiger partial charge in [-0.2, -0.15) is 5.26 Å². The Labute approximate surface area is 184 Å². The molecule has 0 atom stereocenters. The molecule has 0 heterocycles. The van der Waals surface area contributed by atoms with E-state index in [1.165, 1.54) is 82.6 Å². The Kier molecular flexibility index (Phi) is 9.97. The van der Waals surface area contributed by atoms with Crippen LogP contribution in [0.3, 0.4) is 0 Å². The first kappa shape index (κ1) is 23.1. The highest BCUT2D eigenvalue weighted by molar-refractivity contribution is 5.26. The number of benzene rings is 1. The number of ether oxygens (including phenoxy) is 1. The van der Waals surface area contributed by atoms with Gasteiger partial charge in [-0.3, -0.25) is 0 Å². The van der Waals surface area contributed by atoms with E-state index in [-0.39, 0.29) is 0 Å². The Morgan fingerprint density at radius 2 is 1.67 bits per heavy atom. The van der Waals surface area contributed by atoms with Crippen LogP contribution in [0.5, 0.6) is 0 Å². The van der Waals surface area contributed by atoms with Crippen LogP contribution in [0.1, 0.15) is 101 Å². The van der Waals surface area contributed by atoms with Crippen LogP contribution >= 0.6 is 0 Å². The lowest BCUT2D eigenvalue weighted by molar-refractivity contribution is -0.00824. The van der Waals surface area contributed by atoms with Crippen molar-refractivity contribution in [3.8, 4) is 6.07 Å². The van der Waals surface area contributed by atoms with Gasteiger partial charge < -0.3 is 4.74 Å². The Morgan fingerprint density at radius 1 is 0.967 bits per heavy atom. The highest BCUT2D eigenvalue weighted by Gasteiger charge is 2.25. The monoisotopic (exact) mass is 407 g/mol. The molecule has 1 aromatic rings. The fourth-order valence-corrected chi connectivity index (χ4v) is 5.33. The maximum absolute atomic E-state index is 8.56. The van der Waals surface area contributed by atoms with Crippen molar-refractivity contribution in [1.82, 2.24) is 0 Å². The van der Waals surface area contributed by atoms with E-state index in [9.17, 15) is 0 Å². The average molecular weight is 408 g/mol. The molecule has 2 saturated carbocycles. The lowest BCUT2D eigenvalue weighted by Crippen LogP contribution is -2.25. The molecule has 0 bridgehead atoms. The van der Waals surface area contributed by atoms with E-state index in [1.807, 2.05) is 6.08 Å². The molecule has 0 aromatic heterocycles. The van der Waals surface area contributed by atoms with Gasteiger partial charge in [-0.05, 0) is 106 Å². The normalized spacial score (nSPS) is 27.2. The fraction of sp³-hybridized carbons (Fsp3) is 0.679. The number of rotatable bonds is 10. The summed E-state index contributed by atoms with van der Waals surface area (Å²) >= 11 is 0. The number of hydrogen-bond acceptors (Lipinski definition) is 2. The Balaban J connectivity index is 1.30. The van der Waals surface area contributed by atoms with E-state index >= 15 is 0 Å². The van der Waals surface area contributed by atoms with Crippen molar-refractivity contribution in [3.63, 3.8) is 0 Å². The van der Waals surface area contributed by atoms with E-state index in [2.05, 4.69) is 37.3 Å². The second-order valence-electron chi connectivity index (χ2n) is 9.65. The molecule has 0 aliphatic heterocycles. The molecule has 0 spiro atoms. The van der Waals surface area contributed by atoms with Crippen molar-refractivity contribution in [2.45, 2.75) is 102 Å². The van der Waals surface area contributed by atoms with Gasteiger partial charge in [-0.25, -0.2) is 0 Å². The molecule has 1 aromatic carbocycles. The predicted molar refractivity (Wildman–Crippen MR) is 125 cm³/mol. The SMILES string of the molecule is CCCCc1ccc(C2CCC(COC3CCC(CC/C=C/C#N)CC3)CC2)cc1. The number of unbranched alkanes of at least 4 members (excludes halogenated alkanes) is 1. The van der Waals surface area contributed by atoms with Crippen LogP contribution in [0.4, 0.5) is 0 Å². The molecule has 0 unspecified atom stereocenters.